The van der Waals surface area contributed by atoms with Gasteiger partial charge in [0.15, 0.2) is 0 Å². The Morgan fingerprint density at radius 2 is 1.59 bits per heavy atom. The van der Waals surface area contributed by atoms with Crippen LogP contribution >= 0.6 is 11.3 Å². The Hall–Kier alpha value is -3.71. The Morgan fingerprint density at radius 1 is 0.969 bits per heavy atom. The van der Waals surface area contributed by atoms with Crippen LogP contribution in [0.25, 0.3) is 10.6 Å². The minimum atomic E-state index is -0.309. The van der Waals surface area contributed by atoms with Crippen molar-refractivity contribution in [3.8, 4) is 22.1 Å². The molecule has 0 spiro atoms. The van der Waals surface area contributed by atoms with Crippen LogP contribution in [-0.4, -0.2) is 30.1 Å². The highest BCUT2D eigenvalue weighted by Crippen LogP contribution is 2.27. The van der Waals surface area contributed by atoms with Gasteiger partial charge in [0, 0.05) is 23.3 Å². The lowest BCUT2D eigenvalue weighted by molar-refractivity contribution is -0.121. The van der Waals surface area contributed by atoms with Crippen LogP contribution < -0.4 is 14.8 Å². The van der Waals surface area contributed by atoms with Crippen LogP contribution in [0.15, 0.2) is 78.4 Å². The number of carbonyl (C=O) groups excluding carboxylic acids is 1. The molecule has 162 valence electrons. The lowest BCUT2D eigenvalue weighted by atomic mass is 9.98. The molecule has 1 amide bonds. The van der Waals surface area contributed by atoms with Gasteiger partial charge in [0.05, 0.1) is 32.4 Å². The zero-order valence-corrected chi connectivity index (χ0v) is 18.6. The predicted octanol–water partition coefficient (Wildman–Crippen LogP) is 4.67. The Bertz CT molecular complexity index is 1110. The zero-order valence-electron chi connectivity index (χ0n) is 17.8. The van der Waals surface area contributed by atoms with Crippen molar-refractivity contribution in [3.05, 3.63) is 95.3 Å². The van der Waals surface area contributed by atoms with Gasteiger partial charge in [-0.2, -0.15) is 0 Å². The second kappa shape index (κ2) is 10.1. The van der Waals surface area contributed by atoms with Gasteiger partial charge < -0.3 is 14.8 Å². The number of aromatic nitrogens is 2. The Morgan fingerprint density at radius 3 is 2.12 bits per heavy atom. The third kappa shape index (κ3) is 5.12. The summed E-state index contributed by atoms with van der Waals surface area (Å²) >= 11 is 1.51. The van der Waals surface area contributed by atoms with Gasteiger partial charge in [-0.1, -0.05) is 24.3 Å². The first-order valence-electron chi connectivity index (χ1n) is 10.1. The number of carbonyl (C=O) groups is 1. The van der Waals surface area contributed by atoms with E-state index in [1.54, 1.807) is 26.6 Å². The SMILES string of the molecule is COc1ccc(C(NC(=O)Cc2csc(-c3cccnc3)n2)c2ccc(OC)cc2)cc1. The molecule has 32 heavy (non-hydrogen) atoms. The number of hydrogen-bond donors (Lipinski definition) is 1. The lowest BCUT2D eigenvalue weighted by Crippen LogP contribution is -2.30. The topological polar surface area (TPSA) is 73.3 Å². The van der Waals surface area contributed by atoms with Crippen LogP contribution in [0.2, 0.25) is 0 Å². The van der Waals surface area contributed by atoms with Crippen molar-refractivity contribution in [3.63, 3.8) is 0 Å². The molecule has 4 aromatic rings. The van der Waals surface area contributed by atoms with Crippen molar-refractivity contribution in [1.82, 2.24) is 15.3 Å². The predicted molar refractivity (Wildman–Crippen MR) is 125 cm³/mol. The van der Waals surface area contributed by atoms with Gasteiger partial charge >= 0.3 is 0 Å². The summed E-state index contributed by atoms with van der Waals surface area (Å²) in [6.07, 6.45) is 3.69. The van der Waals surface area contributed by atoms with E-state index in [4.69, 9.17) is 9.47 Å². The molecule has 0 aliphatic carbocycles. The molecule has 1 N–H and O–H groups in total. The van der Waals surface area contributed by atoms with Crippen LogP contribution in [0.3, 0.4) is 0 Å². The maximum absolute atomic E-state index is 13.0. The van der Waals surface area contributed by atoms with Crippen LogP contribution in [-0.2, 0) is 11.2 Å². The largest absolute Gasteiger partial charge is 0.497 e. The summed E-state index contributed by atoms with van der Waals surface area (Å²) in [5.41, 5.74) is 3.59. The second-order valence-electron chi connectivity index (χ2n) is 7.11. The molecule has 0 saturated carbocycles. The van der Waals surface area contributed by atoms with Crippen molar-refractivity contribution in [2.45, 2.75) is 12.5 Å². The first-order chi connectivity index (χ1) is 15.7. The molecule has 0 unspecified atom stereocenters. The fourth-order valence-electron chi connectivity index (χ4n) is 3.34. The smallest absolute Gasteiger partial charge is 0.226 e. The summed E-state index contributed by atoms with van der Waals surface area (Å²) < 4.78 is 10.5. The van der Waals surface area contributed by atoms with Crippen LogP contribution in [0.4, 0.5) is 0 Å². The minimum absolute atomic E-state index is 0.107. The monoisotopic (exact) mass is 445 g/mol. The average Bonchev–Trinajstić information content (AvgIpc) is 3.32. The molecular formula is C25H23N3O3S. The fraction of sp³-hybridized carbons (Fsp3) is 0.160. The number of rotatable bonds is 8. The number of hydrogen-bond acceptors (Lipinski definition) is 6. The number of benzene rings is 2. The highest BCUT2D eigenvalue weighted by molar-refractivity contribution is 7.13. The quantitative estimate of drug-likeness (QED) is 0.427. The van der Waals surface area contributed by atoms with Gasteiger partial charge in [0.2, 0.25) is 5.91 Å². The molecule has 0 radical (unpaired) electrons. The van der Waals surface area contributed by atoms with Gasteiger partial charge in [-0.25, -0.2) is 4.98 Å². The van der Waals surface area contributed by atoms with Crippen molar-refractivity contribution in [2.24, 2.45) is 0 Å². The first-order valence-corrected chi connectivity index (χ1v) is 11.0. The normalized spacial score (nSPS) is 10.7. The average molecular weight is 446 g/mol. The van der Waals surface area contributed by atoms with Crippen LogP contribution in [0.5, 0.6) is 11.5 Å². The van der Waals surface area contributed by atoms with Crippen molar-refractivity contribution in [1.29, 1.82) is 0 Å². The summed E-state index contributed by atoms with van der Waals surface area (Å²) in [5, 5.41) is 5.92. The lowest BCUT2D eigenvalue weighted by Gasteiger charge is -2.20. The number of nitrogens with one attached hydrogen (secondary N) is 1. The van der Waals surface area contributed by atoms with Gasteiger partial charge in [0.1, 0.15) is 16.5 Å². The van der Waals surface area contributed by atoms with Gasteiger partial charge in [0.25, 0.3) is 0 Å². The summed E-state index contributed by atoms with van der Waals surface area (Å²) in [7, 11) is 3.26. The minimum Gasteiger partial charge on any atom is -0.497 e. The molecule has 0 fully saturated rings. The van der Waals surface area contributed by atoms with Gasteiger partial charge in [-0.15, -0.1) is 11.3 Å². The van der Waals surface area contributed by atoms with E-state index in [0.717, 1.165) is 38.9 Å². The number of amides is 1. The van der Waals surface area contributed by atoms with E-state index in [1.165, 1.54) is 11.3 Å². The number of ether oxygens (including phenoxy) is 2. The van der Waals surface area contributed by atoms with Crippen LogP contribution in [0, 0.1) is 0 Å². The van der Waals surface area contributed by atoms with E-state index >= 15 is 0 Å². The molecule has 0 saturated heterocycles. The molecule has 7 heteroatoms. The molecule has 0 atom stereocenters. The number of methoxy groups -OCH3 is 2. The van der Waals surface area contributed by atoms with Crippen molar-refractivity contribution < 1.29 is 14.3 Å². The van der Waals surface area contributed by atoms with Crippen LogP contribution in [0.1, 0.15) is 22.9 Å². The number of nitrogens with zero attached hydrogens (tertiary/aromatic N) is 2. The second-order valence-corrected chi connectivity index (χ2v) is 7.97. The summed E-state index contributed by atoms with van der Waals surface area (Å²) in [6.45, 7) is 0. The highest BCUT2D eigenvalue weighted by Gasteiger charge is 2.18. The number of pyridine rings is 1. The molecule has 0 aliphatic rings. The van der Waals surface area contributed by atoms with Crippen molar-refractivity contribution >= 4 is 17.2 Å². The molecule has 2 heterocycles. The van der Waals surface area contributed by atoms with E-state index < -0.39 is 0 Å². The molecule has 6 nitrogen and oxygen atoms in total. The molecule has 0 bridgehead atoms. The van der Waals surface area contributed by atoms with Gasteiger partial charge in [-0.05, 0) is 47.5 Å². The first kappa shape index (κ1) is 21.5. The number of thiazole rings is 1. The molecular weight excluding hydrogens is 422 g/mol. The highest BCUT2D eigenvalue weighted by atomic mass is 32.1. The molecule has 2 aromatic heterocycles. The maximum Gasteiger partial charge on any atom is 0.226 e. The molecule has 2 aromatic carbocycles. The summed E-state index contributed by atoms with van der Waals surface area (Å²) in [4.78, 5) is 21.7. The summed E-state index contributed by atoms with van der Waals surface area (Å²) in [6, 6.07) is 18.9. The zero-order chi connectivity index (χ0) is 22.3. The summed E-state index contributed by atoms with van der Waals surface area (Å²) in [5.74, 6) is 1.42. The van der Waals surface area contributed by atoms with E-state index in [1.807, 2.05) is 66.0 Å². The van der Waals surface area contributed by atoms with Gasteiger partial charge in [-0.3, -0.25) is 9.78 Å². The fourth-order valence-corrected chi connectivity index (χ4v) is 4.15. The van der Waals surface area contributed by atoms with E-state index in [-0.39, 0.29) is 18.4 Å². The van der Waals surface area contributed by atoms with E-state index in [9.17, 15) is 4.79 Å². The Balaban J connectivity index is 1.53. The standard InChI is InChI=1S/C25H23N3O3S/c1-30-21-9-5-17(6-10-21)24(18-7-11-22(31-2)12-8-18)28-23(29)14-20-16-32-25(27-20)19-4-3-13-26-15-19/h3-13,15-16,24H,14H2,1-2H3,(H,28,29). The Labute approximate surface area is 190 Å². The Kier molecular flexibility index (Phi) is 6.77. The third-order valence-electron chi connectivity index (χ3n) is 5.01. The van der Waals surface area contributed by atoms with E-state index in [2.05, 4.69) is 15.3 Å². The third-order valence-corrected chi connectivity index (χ3v) is 5.95. The maximum atomic E-state index is 13.0. The molecule has 0 aliphatic heterocycles. The molecule has 4 rings (SSSR count). The van der Waals surface area contributed by atoms with E-state index in [0.29, 0.717) is 0 Å². The van der Waals surface area contributed by atoms with Crippen molar-refractivity contribution in [2.75, 3.05) is 14.2 Å².